The quantitative estimate of drug-likeness (QED) is 0.517. The maximum absolute atomic E-state index is 5.92. The number of nitrogens with zero attached hydrogens (tertiary/aromatic N) is 3. The van der Waals surface area contributed by atoms with Crippen LogP contribution in [0.15, 0.2) is 33.7 Å². The molecule has 4 nitrogen and oxygen atoms in total. The number of hydrogen-bond acceptors (Lipinski definition) is 3. The Bertz CT molecular complexity index is 744. The molecule has 0 saturated heterocycles. The molecule has 0 atom stereocenters. The number of pyridine rings is 1. The molecule has 0 bridgehead atoms. The van der Waals surface area contributed by atoms with Crippen molar-refractivity contribution in [2.75, 3.05) is 13.6 Å². The number of aliphatic imine (C=N–C) groups is 1. The van der Waals surface area contributed by atoms with E-state index in [1.54, 1.807) is 0 Å². The number of aryl methyl sites for hydroxylation is 2. The van der Waals surface area contributed by atoms with Crippen LogP contribution in [0.1, 0.15) is 29.3 Å². The lowest BCUT2D eigenvalue weighted by atomic mass is 10.0. The molecule has 0 fully saturated rings. The van der Waals surface area contributed by atoms with Crippen molar-refractivity contribution in [1.29, 1.82) is 0 Å². The van der Waals surface area contributed by atoms with Crippen LogP contribution in [0.25, 0.3) is 0 Å². The summed E-state index contributed by atoms with van der Waals surface area (Å²) in [5, 5.41) is 0. The van der Waals surface area contributed by atoms with E-state index in [4.69, 9.17) is 4.74 Å². The second kappa shape index (κ2) is 8.29. The molecule has 0 amide bonds. The van der Waals surface area contributed by atoms with Crippen LogP contribution in [0.2, 0.25) is 0 Å². The third-order valence-electron chi connectivity index (χ3n) is 4.08. The largest absolute Gasteiger partial charge is 0.472 e. The Morgan fingerprint density at radius 1 is 1.29 bits per heavy atom. The Kier molecular flexibility index (Phi) is 6.37. The summed E-state index contributed by atoms with van der Waals surface area (Å²) in [5.41, 5.74) is 5.38. The van der Waals surface area contributed by atoms with Gasteiger partial charge in [0.25, 0.3) is 0 Å². The molecule has 2 aromatic rings. The van der Waals surface area contributed by atoms with E-state index in [0.717, 1.165) is 22.4 Å². The zero-order chi connectivity index (χ0) is 17.7. The normalized spacial score (nSPS) is 11.1. The number of hydrogen-bond donors (Lipinski definition) is 0. The molecule has 5 heteroatoms. The van der Waals surface area contributed by atoms with Crippen molar-refractivity contribution < 1.29 is 4.74 Å². The summed E-state index contributed by atoms with van der Waals surface area (Å²) in [4.78, 5) is 11.0. The highest BCUT2D eigenvalue weighted by atomic mass is 79.9. The van der Waals surface area contributed by atoms with Crippen molar-refractivity contribution in [3.05, 3.63) is 51.1 Å². The van der Waals surface area contributed by atoms with Crippen LogP contribution in [0, 0.1) is 20.8 Å². The SMILES string of the molecule is CCN(C)/C=N/c1cc(Br)c(OCc2cccc(C)c2C)nc1C. The lowest BCUT2D eigenvalue weighted by Gasteiger charge is -2.13. The molecule has 1 aromatic carbocycles. The Balaban J connectivity index is 2.16. The molecule has 1 aromatic heterocycles. The lowest BCUT2D eigenvalue weighted by Crippen LogP contribution is -2.14. The average Bonchev–Trinajstić information content (AvgIpc) is 2.57. The molecule has 1 heterocycles. The zero-order valence-electron chi connectivity index (χ0n) is 14.9. The molecule has 24 heavy (non-hydrogen) atoms. The molecule has 0 spiro atoms. The minimum absolute atomic E-state index is 0.500. The topological polar surface area (TPSA) is 37.7 Å². The summed E-state index contributed by atoms with van der Waals surface area (Å²) in [6, 6.07) is 8.19. The Labute approximate surface area is 152 Å². The molecule has 2 rings (SSSR count). The minimum Gasteiger partial charge on any atom is -0.472 e. The fourth-order valence-corrected chi connectivity index (χ4v) is 2.56. The third kappa shape index (κ3) is 4.57. The van der Waals surface area contributed by atoms with Crippen LogP contribution < -0.4 is 4.74 Å². The summed E-state index contributed by atoms with van der Waals surface area (Å²) in [5.74, 6) is 0.594. The van der Waals surface area contributed by atoms with Crippen LogP contribution in [0.5, 0.6) is 5.88 Å². The van der Waals surface area contributed by atoms with Gasteiger partial charge in [0.15, 0.2) is 0 Å². The van der Waals surface area contributed by atoms with Gasteiger partial charge >= 0.3 is 0 Å². The molecule has 0 N–H and O–H groups in total. The highest BCUT2D eigenvalue weighted by Gasteiger charge is 2.09. The summed E-state index contributed by atoms with van der Waals surface area (Å²) in [7, 11) is 1.99. The maximum atomic E-state index is 5.92. The van der Waals surface area contributed by atoms with Gasteiger partial charge in [-0.2, -0.15) is 0 Å². The molecular weight excluding hydrogens is 366 g/mol. The van der Waals surface area contributed by atoms with Crippen molar-refractivity contribution in [1.82, 2.24) is 9.88 Å². The van der Waals surface area contributed by atoms with Crippen LogP contribution in [0.3, 0.4) is 0 Å². The fourth-order valence-electron chi connectivity index (χ4n) is 2.14. The van der Waals surface area contributed by atoms with Gasteiger partial charge < -0.3 is 9.64 Å². The first-order chi connectivity index (χ1) is 11.4. The van der Waals surface area contributed by atoms with Gasteiger partial charge in [-0.1, -0.05) is 18.2 Å². The smallest absolute Gasteiger partial charge is 0.228 e. The summed E-state index contributed by atoms with van der Waals surface area (Å²) >= 11 is 3.54. The first kappa shape index (κ1) is 18.5. The van der Waals surface area contributed by atoms with Crippen LogP contribution in [-0.2, 0) is 6.61 Å². The summed E-state index contributed by atoms with van der Waals surface area (Å²) in [6.07, 6.45) is 1.81. The van der Waals surface area contributed by atoms with E-state index in [1.165, 1.54) is 16.7 Å². The second-order valence-electron chi connectivity index (χ2n) is 5.85. The monoisotopic (exact) mass is 389 g/mol. The van der Waals surface area contributed by atoms with Gasteiger partial charge in [-0.05, 0) is 66.4 Å². The second-order valence-corrected chi connectivity index (χ2v) is 6.70. The highest BCUT2D eigenvalue weighted by Crippen LogP contribution is 2.30. The molecule has 128 valence electrons. The van der Waals surface area contributed by atoms with Gasteiger partial charge in [-0.15, -0.1) is 0 Å². The maximum Gasteiger partial charge on any atom is 0.228 e. The lowest BCUT2D eigenvalue weighted by molar-refractivity contribution is 0.290. The molecule has 0 aliphatic carbocycles. The van der Waals surface area contributed by atoms with Crippen molar-refractivity contribution in [3.63, 3.8) is 0 Å². The van der Waals surface area contributed by atoms with Gasteiger partial charge in [0, 0.05) is 13.6 Å². The number of ether oxygens (including phenoxy) is 1. The van der Waals surface area contributed by atoms with Crippen LogP contribution >= 0.6 is 15.9 Å². The minimum atomic E-state index is 0.500. The Morgan fingerprint density at radius 3 is 2.75 bits per heavy atom. The average molecular weight is 390 g/mol. The first-order valence-electron chi connectivity index (χ1n) is 8.01. The van der Waals surface area contributed by atoms with Gasteiger partial charge in [-0.25, -0.2) is 9.98 Å². The predicted octanol–water partition coefficient (Wildman–Crippen LogP) is 4.96. The molecular formula is C19H24BrN3O. The molecule has 0 radical (unpaired) electrons. The van der Waals surface area contributed by atoms with Crippen molar-refractivity contribution in [2.45, 2.75) is 34.3 Å². The molecule has 0 saturated carbocycles. The number of aromatic nitrogens is 1. The Hall–Kier alpha value is -1.88. The van der Waals surface area contributed by atoms with E-state index in [1.807, 2.05) is 31.3 Å². The van der Waals surface area contributed by atoms with Crippen molar-refractivity contribution >= 4 is 28.0 Å². The van der Waals surface area contributed by atoms with Gasteiger partial charge in [0.05, 0.1) is 22.2 Å². The third-order valence-corrected chi connectivity index (χ3v) is 4.65. The summed E-state index contributed by atoms with van der Waals surface area (Å²) in [6.45, 7) is 9.65. The van der Waals surface area contributed by atoms with Crippen LogP contribution in [0.4, 0.5) is 5.69 Å². The molecule has 0 unspecified atom stereocenters. The van der Waals surface area contributed by atoms with Gasteiger partial charge in [0.1, 0.15) is 6.61 Å². The molecule has 0 aliphatic heterocycles. The summed E-state index contributed by atoms with van der Waals surface area (Å²) < 4.78 is 6.73. The number of benzene rings is 1. The fraction of sp³-hybridized carbons (Fsp3) is 0.368. The van der Waals surface area contributed by atoms with E-state index in [-0.39, 0.29) is 0 Å². The number of rotatable bonds is 6. The van der Waals surface area contributed by atoms with E-state index in [2.05, 4.69) is 64.9 Å². The van der Waals surface area contributed by atoms with E-state index >= 15 is 0 Å². The van der Waals surface area contributed by atoms with Crippen LogP contribution in [-0.4, -0.2) is 29.8 Å². The van der Waals surface area contributed by atoms with E-state index in [9.17, 15) is 0 Å². The van der Waals surface area contributed by atoms with Gasteiger partial charge in [0.2, 0.25) is 5.88 Å². The van der Waals surface area contributed by atoms with Gasteiger partial charge in [-0.3, -0.25) is 0 Å². The first-order valence-corrected chi connectivity index (χ1v) is 8.81. The van der Waals surface area contributed by atoms with Crippen molar-refractivity contribution in [3.8, 4) is 5.88 Å². The number of halogens is 1. The Morgan fingerprint density at radius 2 is 2.04 bits per heavy atom. The molecule has 0 aliphatic rings. The van der Waals surface area contributed by atoms with E-state index < -0.39 is 0 Å². The highest BCUT2D eigenvalue weighted by molar-refractivity contribution is 9.10. The predicted molar refractivity (Wildman–Crippen MR) is 103 cm³/mol. The standard InChI is InChI=1S/C19H24BrN3O/c1-6-23(5)12-21-18-10-17(20)19(22-15(18)4)24-11-16-9-7-8-13(2)14(16)3/h7-10,12H,6,11H2,1-5H3/b21-12+. The van der Waals surface area contributed by atoms with Crippen molar-refractivity contribution in [2.24, 2.45) is 4.99 Å². The van der Waals surface area contributed by atoms with E-state index in [0.29, 0.717) is 12.5 Å². The zero-order valence-corrected chi connectivity index (χ0v) is 16.5.